The summed E-state index contributed by atoms with van der Waals surface area (Å²) >= 11 is 2.05. The minimum Gasteiger partial charge on any atom is -0.479 e. The van der Waals surface area contributed by atoms with Crippen molar-refractivity contribution in [3.63, 3.8) is 0 Å². The van der Waals surface area contributed by atoms with Crippen LogP contribution < -0.4 is 5.32 Å². The second-order valence-corrected chi connectivity index (χ2v) is 5.33. The van der Waals surface area contributed by atoms with Gasteiger partial charge in [-0.05, 0) is 53.6 Å². The van der Waals surface area contributed by atoms with Gasteiger partial charge in [0, 0.05) is 15.8 Å². The zero-order valence-electron chi connectivity index (χ0n) is 9.53. The number of aliphatic carboxylic acids is 1. The highest BCUT2D eigenvalue weighted by Gasteiger charge is 2.30. The summed E-state index contributed by atoms with van der Waals surface area (Å²) in [5, 5.41) is 12.0. The van der Waals surface area contributed by atoms with Crippen LogP contribution in [0, 0.1) is 9.39 Å². The van der Waals surface area contributed by atoms with E-state index in [1.54, 1.807) is 6.07 Å². The van der Waals surface area contributed by atoms with Crippen molar-refractivity contribution in [2.24, 2.45) is 0 Å². The van der Waals surface area contributed by atoms with Gasteiger partial charge < -0.3 is 15.2 Å². The molecule has 1 aliphatic heterocycles. The molecule has 0 spiro atoms. The Labute approximate surface area is 118 Å². The molecule has 0 saturated carbocycles. The van der Waals surface area contributed by atoms with Gasteiger partial charge in [0.2, 0.25) is 0 Å². The van der Waals surface area contributed by atoms with Crippen molar-refractivity contribution >= 4 is 34.2 Å². The third-order valence-corrected chi connectivity index (χ3v) is 3.73. The van der Waals surface area contributed by atoms with Crippen molar-refractivity contribution in [3.8, 4) is 0 Å². The molecule has 1 aliphatic rings. The van der Waals surface area contributed by atoms with Crippen LogP contribution in [0.4, 0.5) is 10.1 Å². The lowest BCUT2D eigenvalue weighted by Gasteiger charge is -2.14. The van der Waals surface area contributed by atoms with E-state index < -0.39 is 12.1 Å². The second kappa shape index (κ2) is 5.83. The van der Waals surface area contributed by atoms with Gasteiger partial charge in [0.05, 0.1) is 6.10 Å². The predicted molar refractivity (Wildman–Crippen MR) is 73.1 cm³/mol. The highest BCUT2D eigenvalue weighted by atomic mass is 127. The second-order valence-electron chi connectivity index (χ2n) is 4.17. The van der Waals surface area contributed by atoms with Crippen molar-refractivity contribution in [1.82, 2.24) is 0 Å². The summed E-state index contributed by atoms with van der Waals surface area (Å²) in [6.07, 6.45) is 0.472. The number of rotatable bonds is 4. The standard InChI is InChI=1S/C12H13FINO3/c13-7-1-3-10(9(14)5-7)15-6-8-2-4-11(18-8)12(16)17/h1,3,5,8,11,15H,2,4,6H2,(H,16,17). The Hall–Kier alpha value is -0.890. The van der Waals surface area contributed by atoms with Crippen LogP contribution in [0.3, 0.4) is 0 Å². The quantitative estimate of drug-likeness (QED) is 0.805. The zero-order chi connectivity index (χ0) is 13.1. The highest BCUT2D eigenvalue weighted by molar-refractivity contribution is 14.1. The molecule has 2 rings (SSSR count). The van der Waals surface area contributed by atoms with Crippen LogP contribution in [0.5, 0.6) is 0 Å². The first kappa shape index (κ1) is 13.5. The van der Waals surface area contributed by atoms with E-state index in [9.17, 15) is 9.18 Å². The van der Waals surface area contributed by atoms with Crippen LogP contribution in [-0.4, -0.2) is 29.8 Å². The molecule has 1 heterocycles. The van der Waals surface area contributed by atoms with Gasteiger partial charge in [0.15, 0.2) is 6.10 Å². The van der Waals surface area contributed by atoms with Crippen LogP contribution in [0.15, 0.2) is 18.2 Å². The average molecular weight is 365 g/mol. The Morgan fingerprint density at radius 1 is 1.56 bits per heavy atom. The maximum absolute atomic E-state index is 12.9. The molecule has 1 aromatic rings. The molecule has 0 aromatic heterocycles. The lowest BCUT2D eigenvalue weighted by Crippen LogP contribution is -2.24. The molecule has 2 N–H and O–H groups in total. The van der Waals surface area contributed by atoms with Crippen molar-refractivity contribution in [2.75, 3.05) is 11.9 Å². The number of ether oxygens (including phenoxy) is 1. The van der Waals surface area contributed by atoms with Gasteiger partial charge in [-0.3, -0.25) is 0 Å². The van der Waals surface area contributed by atoms with E-state index in [1.165, 1.54) is 12.1 Å². The topological polar surface area (TPSA) is 58.6 Å². The molecule has 1 fully saturated rings. The molecule has 98 valence electrons. The summed E-state index contributed by atoms with van der Waals surface area (Å²) < 4.78 is 19.1. The molecule has 0 aliphatic carbocycles. The molecular formula is C12H13FINO3. The largest absolute Gasteiger partial charge is 0.479 e. The third-order valence-electron chi connectivity index (χ3n) is 2.83. The third kappa shape index (κ3) is 3.32. The first-order valence-corrected chi connectivity index (χ1v) is 6.71. The van der Waals surface area contributed by atoms with Crippen LogP contribution >= 0.6 is 22.6 Å². The number of hydrogen-bond acceptors (Lipinski definition) is 3. The summed E-state index contributed by atoms with van der Waals surface area (Å²) in [4.78, 5) is 10.7. The summed E-state index contributed by atoms with van der Waals surface area (Å²) in [6, 6.07) is 4.50. The van der Waals surface area contributed by atoms with E-state index in [1.807, 2.05) is 22.6 Å². The normalized spacial score (nSPS) is 23.0. The van der Waals surface area contributed by atoms with Crippen molar-refractivity contribution in [2.45, 2.75) is 25.0 Å². The van der Waals surface area contributed by atoms with E-state index in [0.717, 1.165) is 15.7 Å². The molecule has 2 unspecified atom stereocenters. The average Bonchev–Trinajstić information content (AvgIpc) is 2.76. The number of carboxylic acid groups (broad SMARTS) is 1. The van der Waals surface area contributed by atoms with Crippen LogP contribution in [0.2, 0.25) is 0 Å². The zero-order valence-corrected chi connectivity index (χ0v) is 11.7. The summed E-state index contributed by atoms with van der Waals surface area (Å²) in [7, 11) is 0. The van der Waals surface area contributed by atoms with E-state index in [0.29, 0.717) is 13.0 Å². The van der Waals surface area contributed by atoms with Crippen molar-refractivity contribution < 1.29 is 19.0 Å². The number of nitrogens with one attached hydrogen (secondary N) is 1. The Balaban J connectivity index is 1.87. The van der Waals surface area contributed by atoms with Crippen LogP contribution in [0.1, 0.15) is 12.8 Å². The lowest BCUT2D eigenvalue weighted by atomic mass is 10.2. The molecule has 0 amide bonds. The van der Waals surface area contributed by atoms with Gasteiger partial charge in [-0.15, -0.1) is 0 Å². The van der Waals surface area contributed by atoms with E-state index in [2.05, 4.69) is 5.32 Å². The number of carbonyl (C=O) groups is 1. The van der Waals surface area contributed by atoms with Gasteiger partial charge >= 0.3 is 5.97 Å². The fourth-order valence-electron chi connectivity index (χ4n) is 1.89. The highest BCUT2D eigenvalue weighted by Crippen LogP contribution is 2.23. The molecule has 6 heteroatoms. The van der Waals surface area contributed by atoms with Gasteiger partial charge in [-0.2, -0.15) is 0 Å². The molecule has 1 aromatic carbocycles. The number of carboxylic acids is 1. The maximum atomic E-state index is 12.9. The SMILES string of the molecule is O=C(O)C1CCC(CNc2ccc(F)cc2I)O1. The van der Waals surface area contributed by atoms with Gasteiger partial charge in [-0.25, -0.2) is 9.18 Å². The Bertz CT molecular complexity index is 455. The van der Waals surface area contributed by atoms with E-state index in [4.69, 9.17) is 9.84 Å². The Morgan fingerprint density at radius 2 is 2.33 bits per heavy atom. The minimum absolute atomic E-state index is 0.105. The van der Waals surface area contributed by atoms with Gasteiger partial charge in [-0.1, -0.05) is 0 Å². The summed E-state index contributed by atoms with van der Waals surface area (Å²) in [5.41, 5.74) is 0.833. The molecule has 0 bridgehead atoms. The molecule has 2 atom stereocenters. The minimum atomic E-state index is -0.908. The van der Waals surface area contributed by atoms with Crippen LogP contribution in [-0.2, 0) is 9.53 Å². The number of hydrogen-bond donors (Lipinski definition) is 2. The molecule has 1 saturated heterocycles. The molecule has 0 radical (unpaired) electrons. The summed E-state index contributed by atoms with van der Waals surface area (Å²) in [5.74, 6) is -1.18. The van der Waals surface area contributed by atoms with Gasteiger partial charge in [0.25, 0.3) is 0 Å². The van der Waals surface area contributed by atoms with Crippen LogP contribution in [0.25, 0.3) is 0 Å². The van der Waals surface area contributed by atoms with Gasteiger partial charge in [0.1, 0.15) is 5.82 Å². The Kier molecular flexibility index (Phi) is 4.39. The van der Waals surface area contributed by atoms with Crippen molar-refractivity contribution in [3.05, 3.63) is 27.6 Å². The fourth-order valence-corrected chi connectivity index (χ4v) is 2.56. The number of anilines is 1. The Morgan fingerprint density at radius 3 is 2.94 bits per heavy atom. The number of halogens is 2. The fraction of sp³-hybridized carbons (Fsp3) is 0.417. The monoisotopic (exact) mass is 365 g/mol. The molecule has 4 nitrogen and oxygen atoms in total. The number of benzene rings is 1. The lowest BCUT2D eigenvalue weighted by molar-refractivity contribution is -0.149. The molecular weight excluding hydrogens is 352 g/mol. The van der Waals surface area contributed by atoms with Crippen molar-refractivity contribution in [1.29, 1.82) is 0 Å². The van der Waals surface area contributed by atoms with E-state index >= 15 is 0 Å². The smallest absolute Gasteiger partial charge is 0.332 e. The van der Waals surface area contributed by atoms with E-state index in [-0.39, 0.29) is 11.9 Å². The summed E-state index contributed by atoms with van der Waals surface area (Å²) in [6.45, 7) is 0.533. The first-order chi connectivity index (χ1) is 8.56. The predicted octanol–water partition coefficient (Wildman–Crippen LogP) is 2.47. The molecule has 18 heavy (non-hydrogen) atoms. The maximum Gasteiger partial charge on any atom is 0.332 e. The first-order valence-electron chi connectivity index (χ1n) is 5.63.